The zero-order valence-corrected chi connectivity index (χ0v) is 17.3. The van der Waals surface area contributed by atoms with Crippen LogP contribution < -0.4 is 15.8 Å². The number of fused-ring (bicyclic) bond motifs is 1. The third kappa shape index (κ3) is 3.58. The van der Waals surface area contributed by atoms with Crippen LogP contribution in [-0.2, 0) is 0 Å². The van der Waals surface area contributed by atoms with Crippen molar-refractivity contribution < 1.29 is 9.53 Å². The highest BCUT2D eigenvalue weighted by Crippen LogP contribution is 2.35. The molecule has 0 aliphatic rings. The van der Waals surface area contributed by atoms with Crippen molar-refractivity contribution in [1.29, 1.82) is 0 Å². The first-order valence-corrected chi connectivity index (χ1v) is 10.1. The Hall–Kier alpha value is -2.90. The van der Waals surface area contributed by atoms with Gasteiger partial charge in [0.2, 0.25) is 0 Å². The molecule has 0 saturated carbocycles. The molecule has 1 amide bonds. The van der Waals surface area contributed by atoms with E-state index in [1.807, 2.05) is 60.7 Å². The molecule has 0 aliphatic carbocycles. The number of thiophene rings is 1. The second-order valence-electron chi connectivity index (χ2n) is 6.09. The smallest absolute Gasteiger partial charge is 0.267 e. The van der Waals surface area contributed by atoms with E-state index in [1.165, 1.54) is 11.3 Å². The molecule has 2 aromatic heterocycles. The van der Waals surface area contributed by atoms with Crippen LogP contribution in [0.2, 0.25) is 0 Å². The first-order chi connectivity index (χ1) is 13.5. The van der Waals surface area contributed by atoms with E-state index in [-0.39, 0.29) is 5.91 Å². The van der Waals surface area contributed by atoms with Crippen LogP contribution in [0.3, 0.4) is 0 Å². The Bertz CT molecular complexity index is 1190. The van der Waals surface area contributed by atoms with Crippen molar-refractivity contribution in [1.82, 2.24) is 4.98 Å². The molecule has 140 valence electrons. The third-order valence-electron chi connectivity index (χ3n) is 4.25. The molecular formula is C21H16BrN3O2S. The molecule has 2 aromatic carbocycles. The SMILES string of the molecule is COc1cccc(-c2ccc3c(N)c(C(=O)Nc4cccc(Br)c4)sc3n2)c1. The predicted octanol–water partition coefficient (Wildman–Crippen LogP) is 5.57. The average Bonchev–Trinajstić information content (AvgIpc) is 3.04. The van der Waals surface area contributed by atoms with Crippen molar-refractivity contribution in [2.24, 2.45) is 0 Å². The lowest BCUT2D eigenvalue weighted by atomic mass is 10.1. The number of nitrogen functional groups attached to an aromatic ring is 1. The number of halogens is 1. The Balaban J connectivity index is 1.69. The normalized spacial score (nSPS) is 10.8. The second-order valence-corrected chi connectivity index (χ2v) is 8.01. The summed E-state index contributed by atoms with van der Waals surface area (Å²) in [6.07, 6.45) is 0. The number of anilines is 2. The summed E-state index contributed by atoms with van der Waals surface area (Å²) in [5, 5.41) is 3.65. The molecule has 0 saturated heterocycles. The summed E-state index contributed by atoms with van der Waals surface area (Å²) in [5.74, 6) is 0.515. The molecule has 0 fully saturated rings. The second kappa shape index (κ2) is 7.61. The number of pyridine rings is 1. The van der Waals surface area contributed by atoms with Crippen LogP contribution in [0.5, 0.6) is 5.75 Å². The highest BCUT2D eigenvalue weighted by Gasteiger charge is 2.18. The third-order valence-corrected chi connectivity index (χ3v) is 5.86. The van der Waals surface area contributed by atoms with Crippen molar-refractivity contribution in [3.63, 3.8) is 0 Å². The minimum absolute atomic E-state index is 0.249. The van der Waals surface area contributed by atoms with Gasteiger partial charge in [-0.3, -0.25) is 4.79 Å². The van der Waals surface area contributed by atoms with Crippen LogP contribution in [0.15, 0.2) is 65.1 Å². The molecule has 7 heteroatoms. The van der Waals surface area contributed by atoms with Gasteiger partial charge in [0.05, 0.1) is 18.5 Å². The lowest BCUT2D eigenvalue weighted by Crippen LogP contribution is -2.11. The highest BCUT2D eigenvalue weighted by atomic mass is 79.9. The molecule has 4 aromatic rings. The number of ether oxygens (including phenoxy) is 1. The Kier molecular flexibility index (Phi) is 5.02. The van der Waals surface area contributed by atoms with Gasteiger partial charge in [-0.1, -0.05) is 34.1 Å². The number of amides is 1. The summed E-state index contributed by atoms with van der Waals surface area (Å²) >= 11 is 4.68. The van der Waals surface area contributed by atoms with Gasteiger partial charge < -0.3 is 15.8 Å². The summed E-state index contributed by atoms with van der Waals surface area (Å²) in [7, 11) is 1.63. The number of aromatic nitrogens is 1. The summed E-state index contributed by atoms with van der Waals surface area (Å²) < 4.78 is 6.17. The maximum atomic E-state index is 12.7. The molecule has 3 N–H and O–H groups in total. The molecule has 0 radical (unpaired) electrons. The van der Waals surface area contributed by atoms with Gasteiger partial charge in [0, 0.05) is 21.1 Å². The summed E-state index contributed by atoms with van der Waals surface area (Å²) in [6, 6.07) is 18.9. The molecule has 0 bridgehead atoms. The predicted molar refractivity (Wildman–Crippen MR) is 118 cm³/mol. The van der Waals surface area contributed by atoms with Gasteiger partial charge in [0.1, 0.15) is 15.5 Å². The Morgan fingerprint density at radius 3 is 2.75 bits per heavy atom. The van der Waals surface area contributed by atoms with Gasteiger partial charge >= 0.3 is 0 Å². The van der Waals surface area contributed by atoms with E-state index in [4.69, 9.17) is 15.5 Å². The fourth-order valence-electron chi connectivity index (χ4n) is 2.86. The number of hydrogen-bond acceptors (Lipinski definition) is 5. The summed E-state index contributed by atoms with van der Waals surface area (Å²) in [6.45, 7) is 0. The fourth-order valence-corrected chi connectivity index (χ4v) is 4.25. The zero-order chi connectivity index (χ0) is 19.7. The molecule has 0 unspecified atom stereocenters. The number of nitrogens with two attached hydrogens (primary N) is 1. The van der Waals surface area contributed by atoms with E-state index in [0.717, 1.165) is 31.7 Å². The molecule has 28 heavy (non-hydrogen) atoms. The fraction of sp³-hybridized carbons (Fsp3) is 0.0476. The van der Waals surface area contributed by atoms with Crippen LogP contribution in [0, 0.1) is 0 Å². The van der Waals surface area contributed by atoms with Crippen molar-refractivity contribution in [3.8, 4) is 17.0 Å². The number of rotatable bonds is 4. The number of methoxy groups -OCH3 is 1. The Morgan fingerprint density at radius 2 is 1.96 bits per heavy atom. The first-order valence-electron chi connectivity index (χ1n) is 8.45. The van der Waals surface area contributed by atoms with Gasteiger partial charge in [0.25, 0.3) is 5.91 Å². The van der Waals surface area contributed by atoms with E-state index < -0.39 is 0 Å². The Morgan fingerprint density at radius 1 is 1.14 bits per heavy atom. The molecule has 0 spiro atoms. The lowest BCUT2D eigenvalue weighted by Gasteiger charge is -2.04. The van der Waals surface area contributed by atoms with Gasteiger partial charge in [0.15, 0.2) is 0 Å². The molecule has 2 heterocycles. The van der Waals surface area contributed by atoms with Crippen LogP contribution >= 0.6 is 27.3 Å². The number of carbonyl (C=O) groups is 1. The summed E-state index contributed by atoms with van der Waals surface area (Å²) in [5.41, 5.74) is 9.11. The lowest BCUT2D eigenvalue weighted by molar-refractivity contribution is 0.103. The van der Waals surface area contributed by atoms with Crippen molar-refractivity contribution in [2.45, 2.75) is 0 Å². The van der Waals surface area contributed by atoms with Gasteiger partial charge in [-0.2, -0.15) is 0 Å². The largest absolute Gasteiger partial charge is 0.497 e. The van der Waals surface area contributed by atoms with Crippen molar-refractivity contribution in [2.75, 3.05) is 18.2 Å². The van der Waals surface area contributed by atoms with Crippen LogP contribution in [0.1, 0.15) is 9.67 Å². The molecular weight excluding hydrogens is 438 g/mol. The van der Waals surface area contributed by atoms with Crippen molar-refractivity contribution >= 4 is 54.8 Å². The number of benzene rings is 2. The van der Waals surface area contributed by atoms with Crippen LogP contribution in [0.25, 0.3) is 21.5 Å². The number of nitrogens with one attached hydrogen (secondary N) is 1. The summed E-state index contributed by atoms with van der Waals surface area (Å²) in [4.78, 5) is 18.6. The molecule has 4 rings (SSSR count). The maximum absolute atomic E-state index is 12.7. The van der Waals surface area contributed by atoms with E-state index in [2.05, 4.69) is 21.2 Å². The Labute approximate surface area is 174 Å². The quantitative estimate of drug-likeness (QED) is 0.423. The highest BCUT2D eigenvalue weighted by molar-refractivity contribution is 9.10. The maximum Gasteiger partial charge on any atom is 0.267 e. The molecule has 0 atom stereocenters. The number of nitrogens with zero attached hydrogens (tertiary/aromatic N) is 1. The average molecular weight is 454 g/mol. The van der Waals surface area contributed by atoms with Gasteiger partial charge in [-0.15, -0.1) is 11.3 Å². The minimum Gasteiger partial charge on any atom is -0.497 e. The molecule has 0 aliphatic heterocycles. The number of hydrogen-bond donors (Lipinski definition) is 2. The van der Waals surface area contributed by atoms with E-state index in [9.17, 15) is 4.79 Å². The minimum atomic E-state index is -0.249. The molecule has 5 nitrogen and oxygen atoms in total. The van der Waals surface area contributed by atoms with Crippen LogP contribution in [-0.4, -0.2) is 18.0 Å². The monoisotopic (exact) mass is 453 g/mol. The van der Waals surface area contributed by atoms with E-state index in [1.54, 1.807) is 7.11 Å². The number of carbonyl (C=O) groups excluding carboxylic acids is 1. The zero-order valence-electron chi connectivity index (χ0n) is 14.9. The van der Waals surface area contributed by atoms with Gasteiger partial charge in [-0.05, 0) is 42.5 Å². The van der Waals surface area contributed by atoms with E-state index >= 15 is 0 Å². The van der Waals surface area contributed by atoms with E-state index in [0.29, 0.717) is 16.3 Å². The first kappa shape index (κ1) is 18.5. The topological polar surface area (TPSA) is 77.2 Å². The van der Waals surface area contributed by atoms with Crippen LogP contribution in [0.4, 0.5) is 11.4 Å². The van der Waals surface area contributed by atoms with Gasteiger partial charge in [-0.25, -0.2) is 4.98 Å². The standard InChI is InChI=1S/C21H16BrN3O2S/c1-27-15-7-2-4-12(10-15)17-9-8-16-18(23)19(28-21(16)25-17)20(26)24-14-6-3-5-13(22)11-14/h2-11H,23H2,1H3,(H,24,26). The van der Waals surface area contributed by atoms with Crippen molar-refractivity contribution in [3.05, 3.63) is 70.0 Å².